The van der Waals surface area contributed by atoms with Crippen molar-refractivity contribution >= 4 is 12.1 Å². The highest BCUT2D eigenvalue weighted by Gasteiger charge is 2.18. The first-order valence-electron chi connectivity index (χ1n) is 4.78. The van der Waals surface area contributed by atoms with Crippen molar-refractivity contribution in [3.05, 3.63) is 0 Å². The van der Waals surface area contributed by atoms with E-state index in [1.807, 2.05) is 26.1 Å². The number of ether oxygens (including phenoxy) is 1. The SMILES string of the molecule is CCC(C)C(CC)OC(=O)NC(N)=O. The van der Waals surface area contributed by atoms with Crippen molar-refractivity contribution in [3.8, 4) is 0 Å². The van der Waals surface area contributed by atoms with Crippen molar-refractivity contribution < 1.29 is 14.3 Å². The zero-order chi connectivity index (χ0) is 11.1. The molecule has 3 amide bonds. The van der Waals surface area contributed by atoms with Crippen LogP contribution >= 0.6 is 0 Å². The number of urea groups is 1. The van der Waals surface area contributed by atoms with Gasteiger partial charge in [-0.2, -0.15) is 0 Å². The summed E-state index contributed by atoms with van der Waals surface area (Å²) in [5, 5.41) is 1.86. The zero-order valence-electron chi connectivity index (χ0n) is 8.87. The molecule has 0 radical (unpaired) electrons. The third kappa shape index (κ3) is 4.69. The molecular weight excluding hydrogens is 184 g/mol. The molecule has 3 N–H and O–H groups in total. The van der Waals surface area contributed by atoms with E-state index in [4.69, 9.17) is 10.5 Å². The maximum Gasteiger partial charge on any atom is 0.415 e. The fraction of sp³-hybridized carbons (Fsp3) is 0.778. The Balaban J connectivity index is 4.04. The summed E-state index contributed by atoms with van der Waals surface area (Å²) >= 11 is 0. The van der Waals surface area contributed by atoms with E-state index < -0.39 is 12.1 Å². The predicted molar refractivity (Wildman–Crippen MR) is 52.7 cm³/mol. The summed E-state index contributed by atoms with van der Waals surface area (Å²) in [5.41, 5.74) is 4.77. The largest absolute Gasteiger partial charge is 0.446 e. The van der Waals surface area contributed by atoms with Crippen molar-refractivity contribution in [1.29, 1.82) is 0 Å². The minimum absolute atomic E-state index is 0.167. The maximum atomic E-state index is 11.0. The number of hydrogen-bond acceptors (Lipinski definition) is 3. The lowest BCUT2D eigenvalue weighted by atomic mass is 10.00. The minimum Gasteiger partial charge on any atom is -0.446 e. The van der Waals surface area contributed by atoms with Gasteiger partial charge in [0.05, 0.1) is 0 Å². The maximum absolute atomic E-state index is 11.0. The van der Waals surface area contributed by atoms with E-state index in [0.29, 0.717) is 0 Å². The molecule has 0 aromatic heterocycles. The molecule has 2 atom stereocenters. The molecule has 0 saturated heterocycles. The van der Waals surface area contributed by atoms with Crippen LogP contribution in [0, 0.1) is 5.92 Å². The van der Waals surface area contributed by atoms with Gasteiger partial charge in [-0.15, -0.1) is 0 Å². The smallest absolute Gasteiger partial charge is 0.415 e. The van der Waals surface area contributed by atoms with Gasteiger partial charge in [0.2, 0.25) is 0 Å². The van der Waals surface area contributed by atoms with Gasteiger partial charge in [0.1, 0.15) is 6.10 Å². The lowest BCUT2D eigenvalue weighted by Crippen LogP contribution is -2.38. The van der Waals surface area contributed by atoms with Crippen LogP contribution in [0.5, 0.6) is 0 Å². The molecule has 0 heterocycles. The quantitative estimate of drug-likeness (QED) is 0.726. The predicted octanol–water partition coefficient (Wildman–Crippen LogP) is 1.62. The van der Waals surface area contributed by atoms with Gasteiger partial charge in [0, 0.05) is 0 Å². The van der Waals surface area contributed by atoms with E-state index in [1.54, 1.807) is 0 Å². The number of amides is 3. The van der Waals surface area contributed by atoms with Gasteiger partial charge in [-0.25, -0.2) is 14.9 Å². The second-order valence-electron chi connectivity index (χ2n) is 3.23. The van der Waals surface area contributed by atoms with Crippen molar-refractivity contribution in [3.63, 3.8) is 0 Å². The number of primary amides is 1. The van der Waals surface area contributed by atoms with E-state index in [-0.39, 0.29) is 12.0 Å². The topological polar surface area (TPSA) is 81.4 Å². The van der Waals surface area contributed by atoms with Crippen LogP contribution < -0.4 is 11.1 Å². The van der Waals surface area contributed by atoms with Crippen LogP contribution in [-0.2, 0) is 4.74 Å². The molecular formula is C9H18N2O3. The highest BCUT2D eigenvalue weighted by atomic mass is 16.6. The van der Waals surface area contributed by atoms with E-state index >= 15 is 0 Å². The molecule has 0 fully saturated rings. The van der Waals surface area contributed by atoms with Crippen molar-refractivity contribution in [2.75, 3.05) is 0 Å². The molecule has 0 aromatic rings. The lowest BCUT2D eigenvalue weighted by molar-refractivity contribution is 0.0648. The number of nitrogens with two attached hydrogens (primary N) is 1. The van der Waals surface area contributed by atoms with E-state index in [0.717, 1.165) is 12.8 Å². The first-order chi connectivity index (χ1) is 6.51. The molecule has 14 heavy (non-hydrogen) atoms. The lowest BCUT2D eigenvalue weighted by Gasteiger charge is -2.21. The number of nitrogens with one attached hydrogen (secondary N) is 1. The van der Waals surface area contributed by atoms with Gasteiger partial charge in [-0.1, -0.05) is 27.2 Å². The molecule has 0 aromatic carbocycles. The van der Waals surface area contributed by atoms with Crippen molar-refractivity contribution in [2.45, 2.75) is 39.7 Å². The van der Waals surface area contributed by atoms with Crippen LogP contribution in [0.3, 0.4) is 0 Å². The highest BCUT2D eigenvalue weighted by molar-refractivity contribution is 5.89. The summed E-state index contributed by atoms with van der Waals surface area (Å²) in [7, 11) is 0. The Morgan fingerprint density at radius 1 is 1.36 bits per heavy atom. The Bertz CT molecular complexity index is 206. The molecule has 0 bridgehead atoms. The van der Waals surface area contributed by atoms with E-state index in [1.165, 1.54) is 0 Å². The van der Waals surface area contributed by atoms with Crippen LogP contribution in [-0.4, -0.2) is 18.2 Å². The van der Waals surface area contributed by atoms with Gasteiger partial charge in [-0.05, 0) is 12.3 Å². The number of rotatable bonds is 4. The van der Waals surface area contributed by atoms with Crippen molar-refractivity contribution in [2.24, 2.45) is 11.7 Å². The number of hydrogen-bond donors (Lipinski definition) is 2. The normalized spacial score (nSPS) is 14.2. The summed E-state index contributed by atoms with van der Waals surface area (Å²) in [6, 6.07) is -0.894. The Labute approximate surface area is 84.0 Å². The first kappa shape index (κ1) is 12.7. The van der Waals surface area contributed by atoms with Gasteiger partial charge in [-0.3, -0.25) is 0 Å². The second kappa shape index (κ2) is 6.23. The summed E-state index contributed by atoms with van der Waals surface area (Å²) in [5.74, 6) is 0.277. The van der Waals surface area contributed by atoms with Crippen molar-refractivity contribution in [1.82, 2.24) is 5.32 Å². The molecule has 0 aliphatic carbocycles. The van der Waals surface area contributed by atoms with Crippen LogP contribution in [0.4, 0.5) is 9.59 Å². The first-order valence-corrected chi connectivity index (χ1v) is 4.78. The molecule has 82 valence electrons. The third-order valence-electron chi connectivity index (χ3n) is 2.16. The fourth-order valence-electron chi connectivity index (χ4n) is 1.13. The van der Waals surface area contributed by atoms with E-state index in [2.05, 4.69) is 0 Å². The fourth-order valence-corrected chi connectivity index (χ4v) is 1.13. The van der Waals surface area contributed by atoms with Gasteiger partial charge < -0.3 is 10.5 Å². The number of carbonyl (C=O) groups excluding carboxylic acids is 2. The highest BCUT2D eigenvalue weighted by Crippen LogP contribution is 2.14. The standard InChI is InChI=1S/C9H18N2O3/c1-4-6(3)7(5-2)14-9(13)11-8(10)12/h6-7H,4-5H2,1-3H3,(H3,10,11,12,13). The Morgan fingerprint density at radius 2 is 1.93 bits per heavy atom. The number of carbonyl (C=O) groups is 2. The summed E-state index contributed by atoms with van der Waals surface area (Å²) in [6.45, 7) is 5.93. The Morgan fingerprint density at radius 3 is 2.29 bits per heavy atom. The summed E-state index contributed by atoms with van der Waals surface area (Å²) < 4.78 is 5.01. The summed E-state index contributed by atoms with van der Waals surface area (Å²) in [4.78, 5) is 21.3. The van der Waals surface area contributed by atoms with Gasteiger partial charge in [0.25, 0.3) is 0 Å². The van der Waals surface area contributed by atoms with Gasteiger partial charge in [0.15, 0.2) is 0 Å². The number of alkyl carbamates (subject to hydrolysis) is 1. The Hall–Kier alpha value is -1.26. The molecule has 0 aliphatic rings. The van der Waals surface area contributed by atoms with Gasteiger partial charge >= 0.3 is 12.1 Å². The molecule has 5 heteroatoms. The average molecular weight is 202 g/mol. The summed E-state index contributed by atoms with van der Waals surface area (Å²) in [6.07, 6.45) is 0.702. The monoisotopic (exact) mass is 202 g/mol. The van der Waals surface area contributed by atoms with E-state index in [9.17, 15) is 9.59 Å². The average Bonchev–Trinajstić information content (AvgIpc) is 2.11. The third-order valence-corrected chi connectivity index (χ3v) is 2.16. The minimum atomic E-state index is -0.894. The second-order valence-corrected chi connectivity index (χ2v) is 3.23. The number of imide groups is 1. The van der Waals surface area contributed by atoms with Crippen LogP contribution in [0.15, 0.2) is 0 Å². The van der Waals surface area contributed by atoms with Crippen LogP contribution in [0.25, 0.3) is 0 Å². The Kier molecular flexibility index (Phi) is 5.67. The molecule has 0 spiro atoms. The molecule has 0 rings (SSSR count). The molecule has 0 aliphatic heterocycles. The molecule has 0 saturated carbocycles. The van der Waals surface area contributed by atoms with Crippen LogP contribution in [0.1, 0.15) is 33.6 Å². The zero-order valence-corrected chi connectivity index (χ0v) is 8.87. The van der Waals surface area contributed by atoms with Crippen LogP contribution in [0.2, 0.25) is 0 Å². The molecule has 5 nitrogen and oxygen atoms in total. The molecule has 2 unspecified atom stereocenters.